The average Bonchev–Trinajstić information content (AvgIpc) is 3.60. The van der Waals surface area contributed by atoms with E-state index < -0.39 is 0 Å². The first kappa shape index (κ1) is 28.9. The van der Waals surface area contributed by atoms with Crippen LogP contribution in [0.1, 0.15) is 98.3 Å². The number of likely N-dealkylation sites (tertiary alicyclic amines) is 2. The third-order valence-electron chi connectivity index (χ3n) is 12.6. The summed E-state index contributed by atoms with van der Waals surface area (Å²) >= 11 is 0. The van der Waals surface area contributed by atoms with E-state index in [2.05, 4.69) is 18.7 Å². The van der Waals surface area contributed by atoms with Crippen molar-refractivity contribution in [2.24, 2.45) is 34.5 Å². The van der Waals surface area contributed by atoms with Crippen LogP contribution in [0.25, 0.3) is 0 Å². The maximum Gasteiger partial charge on any atom is 0.303 e. The summed E-state index contributed by atoms with van der Waals surface area (Å²) in [5, 5.41) is 0. The van der Waals surface area contributed by atoms with Crippen LogP contribution in [0.4, 0.5) is 0 Å². The Morgan fingerprint density at radius 3 is 2.18 bits per heavy atom. The first-order valence-electron chi connectivity index (χ1n) is 15.6. The molecule has 0 radical (unpaired) electrons. The maximum atomic E-state index is 12.3. The summed E-state index contributed by atoms with van der Waals surface area (Å²) < 4.78 is 12.3. The number of esters is 2. The van der Waals surface area contributed by atoms with Crippen LogP contribution in [0, 0.1) is 34.5 Å². The Bertz CT molecular complexity index is 889. The summed E-state index contributed by atoms with van der Waals surface area (Å²) in [5.74, 6) is 2.56. The molecule has 2 heterocycles. The number of nitrogens with zero attached hydrogens (tertiary/aromatic N) is 1. The molecule has 0 unspecified atom stereocenters. The number of rotatable bonds is 4. The first-order chi connectivity index (χ1) is 17.7. The van der Waals surface area contributed by atoms with E-state index in [1.165, 1.54) is 77.3 Å². The highest BCUT2D eigenvalue weighted by atomic mass is 79.9. The van der Waals surface area contributed by atoms with Crippen LogP contribution in [-0.4, -0.2) is 67.3 Å². The van der Waals surface area contributed by atoms with Gasteiger partial charge < -0.3 is 31.4 Å². The maximum absolute atomic E-state index is 12.3. The Balaban J connectivity index is 0.00000294. The smallest absolute Gasteiger partial charge is 0.303 e. The molecule has 2 saturated heterocycles. The third-order valence-corrected chi connectivity index (χ3v) is 12.6. The average molecular weight is 596 g/mol. The number of fused-ring (bicyclic) bond motifs is 5. The molecule has 7 heteroatoms. The van der Waals surface area contributed by atoms with Crippen LogP contribution in [0.15, 0.2) is 0 Å². The summed E-state index contributed by atoms with van der Waals surface area (Å²) in [6.07, 6.45) is 13.7. The van der Waals surface area contributed by atoms with E-state index in [4.69, 9.17) is 9.47 Å². The Morgan fingerprint density at radius 1 is 0.842 bits per heavy atom. The van der Waals surface area contributed by atoms with Gasteiger partial charge in [-0.3, -0.25) is 14.5 Å². The summed E-state index contributed by atoms with van der Waals surface area (Å²) in [5.41, 5.74) is 0.420. The Hall–Kier alpha value is -0.660. The van der Waals surface area contributed by atoms with E-state index in [0.29, 0.717) is 29.3 Å². The Labute approximate surface area is 240 Å². The quantitative estimate of drug-likeness (QED) is 0.484. The molecule has 6 nitrogen and oxygen atoms in total. The lowest BCUT2D eigenvalue weighted by Gasteiger charge is -2.62. The van der Waals surface area contributed by atoms with Gasteiger partial charge in [0.05, 0.1) is 13.1 Å². The van der Waals surface area contributed by atoms with Gasteiger partial charge in [0.2, 0.25) is 0 Å². The lowest BCUT2D eigenvalue weighted by Crippen LogP contribution is -3.15. The molecule has 10 atom stereocenters. The predicted molar refractivity (Wildman–Crippen MR) is 142 cm³/mol. The van der Waals surface area contributed by atoms with Gasteiger partial charge in [0.15, 0.2) is 6.10 Å². The minimum absolute atomic E-state index is 0. The van der Waals surface area contributed by atoms with Gasteiger partial charge in [0.25, 0.3) is 0 Å². The summed E-state index contributed by atoms with van der Waals surface area (Å²) in [6.45, 7) is 13.1. The number of hydrogen-bond acceptors (Lipinski definition) is 5. The van der Waals surface area contributed by atoms with Crippen molar-refractivity contribution in [2.75, 3.05) is 26.2 Å². The number of nitrogens with one attached hydrogen (secondary N) is 1. The largest absolute Gasteiger partial charge is 1.00 e. The molecule has 2 aliphatic heterocycles. The van der Waals surface area contributed by atoms with Crippen molar-refractivity contribution in [1.29, 1.82) is 0 Å². The van der Waals surface area contributed by atoms with Crippen LogP contribution in [-0.2, 0) is 19.1 Å². The van der Waals surface area contributed by atoms with Crippen LogP contribution in [0.3, 0.4) is 0 Å². The molecule has 4 aliphatic carbocycles. The lowest BCUT2D eigenvalue weighted by atomic mass is 9.44. The van der Waals surface area contributed by atoms with E-state index in [-0.39, 0.29) is 46.5 Å². The molecule has 6 aliphatic rings. The molecule has 0 aromatic heterocycles. The van der Waals surface area contributed by atoms with Gasteiger partial charge in [-0.1, -0.05) is 13.8 Å². The molecule has 0 amide bonds. The molecule has 6 fully saturated rings. The fourth-order valence-electron chi connectivity index (χ4n) is 11.0. The zero-order valence-corrected chi connectivity index (χ0v) is 25.8. The van der Waals surface area contributed by atoms with Crippen molar-refractivity contribution in [3.63, 3.8) is 0 Å². The molecule has 0 aromatic carbocycles. The number of hydrogen-bond donors (Lipinski definition) is 1. The van der Waals surface area contributed by atoms with Crippen molar-refractivity contribution in [3.05, 3.63) is 0 Å². The standard InChI is InChI=1S/C31H50N2O4.BrH/c1-20(34)36-28-17-22-9-10-23-24(31(22,4)19-27(28)33-15-7-8-16-33)11-12-30(3)25(23)18-26(29(30)37-21(2)35)32-13-5-6-14-32;/h22-29H,5-19H2,1-4H3;1H/t22-,23+,24-,25-,26-,27-,28-,29-,30-,31-;/m0./s1. The minimum Gasteiger partial charge on any atom is -1.00 e. The van der Waals surface area contributed by atoms with Crippen LogP contribution >= 0.6 is 0 Å². The van der Waals surface area contributed by atoms with E-state index in [1.54, 1.807) is 18.7 Å². The molecule has 6 rings (SSSR count). The normalized spacial score (nSPS) is 46.9. The zero-order chi connectivity index (χ0) is 25.9. The number of carbonyl (C=O) groups excluding carboxylic acids is 2. The fourth-order valence-corrected chi connectivity index (χ4v) is 11.0. The van der Waals surface area contributed by atoms with Crippen molar-refractivity contribution in [2.45, 2.75) is 123 Å². The van der Waals surface area contributed by atoms with Gasteiger partial charge in [-0.25, -0.2) is 0 Å². The predicted octanol–water partition coefficient (Wildman–Crippen LogP) is 0.628. The lowest BCUT2D eigenvalue weighted by molar-refractivity contribution is -0.916. The third kappa shape index (κ3) is 4.78. The van der Waals surface area contributed by atoms with E-state index in [0.717, 1.165) is 31.3 Å². The fraction of sp³-hybridized carbons (Fsp3) is 0.935. The number of quaternary nitrogens is 1. The first-order valence-corrected chi connectivity index (χ1v) is 15.6. The second-order valence-electron chi connectivity index (χ2n) is 14.3. The van der Waals surface area contributed by atoms with E-state index in [9.17, 15) is 9.59 Å². The molecular weight excluding hydrogens is 544 g/mol. The van der Waals surface area contributed by atoms with Crippen molar-refractivity contribution < 1.29 is 40.9 Å². The minimum atomic E-state index is -0.113. The van der Waals surface area contributed by atoms with E-state index >= 15 is 0 Å². The Kier molecular flexibility index (Phi) is 8.32. The molecule has 4 saturated carbocycles. The molecule has 1 N–H and O–H groups in total. The molecular formula is C31H51BrN2O4. The van der Waals surface area contributed by atoms with Crippen LogP contribution in [0.2, 0.25) is 0 Å². The van der Waals surface area contributed by atoms with E-state index in [1.807, 2.05) is 0 Å². The number of carbonyl (C=O) groups is 2. The SMILES string of the molecule is CC(=O)O[C@H]1C[C@@H]2CC[C@@H]3[C@H](CC[C@@]4(C)[C@H]3C[C@H]([NH+]3CCCC3)[C@@H]4OC(C)=O)[C@@]2(C)C[C@@H]1N1CCCC1.[Br-]. The highest BCUT2D eigenvalue weighted by molar-refractivity contribution is 5.66. The molecule has 216 valence electrons. The monoisotopic (exact) mass is 594 g/mol. The summed E-state index contributed by atoms with van der Waals surface area (Å²) in [7, 11) is 0. The molecule has 0 spiro atoms. The second kappa shape index (κ2) is 11.0. The van der Waals surface area contributed by atoms with Gasteiger partial charge in [-0.2, -0.15) is 0 Å². The van der Waals surface area contributed by atoms with Crippen molar-refractivity contribution in [3.8, 4) is 0 Å². The topological polar surface area (TPSA) is 60.3 Å². The summed E-state index contributed by atoms with van der Waals surface area (Å²) in [6, 6.07) is 0.849. The molecule has 38 heavy (non-hydrogen) atoms. The highest BCUT2D eigenvalue weighted by Crippen LogP contribution is 2.66. The highest BCUT2D eigenvalue weighted by Gasteiger charge is 2.66. The Morgan fingerprint density at radius 2 is 1.53 bits per heavy atom. The molecule has 0 bridgehead atoms. The van der Waals surface area contributed by atoms with Gasteiger partial charge in [-0.05, 0) is 93.5 Å². The zero-order valence-electron chi connectivity index (χ0n) is 24.2. The van der Waals surface area contributed by atoms with Crippen LogP contribution < -0.4 is 21.9 Å². The van der Waals surface area contributed by atoms with Gasteiger partial charge in [0.1, 0.15) is 12.1 Å². The van der Waals surface area contributed by atoms with Crippen molar-refractivity contribution >= 4 is 11.9 Å². The number of halogens is 1. The number of ether oxygens (including phenoxy) is 2. The molecule has 0 aromatic rings. The summed E-state index contributed by atoms with van der Waals surface area (Å²) in [4.78, 5) is 28.7. The van der Waals surface area contributed by atoms with Crippen molar-refractivity contribution in [1.82, 2.24) is 4.90 Å². The van der Waals surface area contributed by atoms with Gasteiger partial charge in [0, 0.05) is 44.6 Å². The van der Waals surface area contributed by atoms with Gasteiger partial charge >= 0.3 is 11.9 Å². The second-order valence-corrected chi connectivity index (χ2v) is 14.3. The van der Waals surface area contributed by atoms with Gasteiger partial charge in [-0.15, -0.1) is 0 Å². The van der Waals surface area contributed by atoms with Crippen LogP contribution in [0.5, 0.6) is 0 Å².